The van der Waals surface area contributed by atoms with E-state index in [2.05, 4.69) is 61.5 Å². The number of carbonyl (C=O) groups is 1. The molecule has 0 aliphatic heterocycles. The number of aromatic nitrogens is 1. The van der Waals surface area contributed by atoms with Gasteiger partial charge in [-0.1, -0.05) is 85.3 Å². The van der Waals surface area contributed by atoms with Crippen LogP contribution in [-0.2, 0) is 11.2 Å². The predicted molar refractivity (Wildman–Crippen MR) is 173 cm³/mol. The fraction of sp³-hybridized carbons (Fsp3) is 0.314. The molecule has 7 heteroatoms. The van der Waals surface area contributed by atoms with Gasteiger partial charge in [0.25, 0.3) is 0 Å². The van der Waals surface area contributed by atoms with Crippen LogP contribution < -0.4 is 29.6 Å². The molecule has 0 spiro atoms. The summed E-state index contributed by atoms with van der Waals surface area (Å²) in [5, 5.41) is 21.2. The summed E-state index contributed by atoms with van der Waals surface area (Å²) in [7, 11) is 0. The summed E-state index contributed by atoms with van der Waals surface area (Å²) in [5.41, 5.74) is 6.48. The molecule has 5 rings (SSSR count). The SMILES string of the molecule is CC(CO)c1ccccc1CCC(SCC1(CC(=O)O)CC1)c1cccc(C=Cc2ccc3ccc(Cl)cc3n2)c1.[H-].[Na+]. The minimum atomic E-state index is -0.705. The molecule has 0 bridgehead atoms. The van der Waals surface area contributed by atoms with Gasteiger partial charge in [0.05, 0.1) is 17.6 Å². The molecule has 4 nitrogen and oxygen atoms in total. The Morgan fingerprint density at radius 2 is 1.86 bits per heavy atom. The topological polar surface area (TPSA) is 70.4 Å². The number of carboxylic acid groups (broad SMARTS) is 1. The van der Waals surface area contributed by atoms with Crippen LogP contribution in [0.25, 0.3) is 23.1 Å². The Morgan fingerprint density at radius 1 is 1.07 bits per heavy atom. The van der Waals surface area contributed by atoms with Crippen LogP contribution >= 0.6 is 23.4 Å². The van der Waals surface area contributed by atoms with Gasteiger partial charge < -0.3 is 11.6 Å². The summed E-state index contributed by atoms with van der Waals surface area (Å²) in [6, 6.07) is 26.8. The molecule has 1 heterocycles. The molecule has 1 aliphatic carbocycles. The van der Waals surface area contributed by atoms with E-state index in [0.29, 0.717) is 5.02 Å². The number of thioether (sulfide) groups is 1. The Kier molecular flexibility index (Phi) is 11.8. The predicted octanol–water partition coefficient (Wildman–Crippen LogP) is 5.93. The van der Waals surface area contributed by atoms with Gasteiger partial charge in [-0.25, -0.2) is 4.98 Å². The number of carboxylic acids is 1. The Labute approximate surface area is 281 Å². The first-order chi connectivity index (χ1) is 19.8. The summed E-state index contributed by atoms with van der Waals surface area (Å²) < 4.78 is 0. The van der Waals surface area contributed by atoms with Gasteiger partial charge in [0, 0.05) is 33.9 Å². The number of hydrogen-bond acceptors (Lipinski definition) is 4. The molecule has 0 saturated heterocycles. The van der Waals surface area contributed by atoms with Crippen molar-refractivity contribution in [1.29, 1.82) is 0 Å². The van der Waals surface area contributed by atoms with Gasteiger partial charge >= 0.3 is 35.5 Å². The number of aryl methyl sites for hydroxylation is 1. The molecular weight excluding hydrogens is 573 g/mol. The third-order valence-electron chi connectivity index (χ3n) is 8.01. The Balaban J connectivity index is 0.00000253. The first kappa shape index (κ1) is 32.8. The first-order valence-electron chi connectivity index (χ1n) is 14.2. The summed E-state index contributed by atoms with van der Waals surface area (Å²) in [4.78, 5) is 16.2. The van der Waals surface area contributed by atoms with Crippen molar-refractivity contribution in [3.8, 4) is 0 Å². The summed E-state index contributed by atoms with van der Waals surface area (Å²) in [6.45, 7) is 2.18. The molecule has 0 amide bonds. The largest absolute Gasteiger partial charge is 1.00 e. The van der Waals surface area contributed by atoms with Gasteiger partial charge in [0.15, 0.2) is 0 Å². The van der Waals surface area contributed by atoms with Crippen LogP contribution in [0.15, 0.2) is 78.9 Å². The Bertz CT molecular complexity index is 1560. The van der Waals surface area contributed by atoms with Crippen molar-refractivity contribution in [3.63, 3.8) is 0 Å². The summed E-state index contributed by atoms with van der Waals surface area (Å²) in [5.74, 6) is 0.238. The van der Waals surface area contributed by atoms with E-state index in [1.165, 1.54) is 16.7 Å². The van der Waals surface area contributed by atoms with E-state index in [9.17, 15) is 15.0 Å². The van der Waals surface area contributed by atoms with Crippen LogP contribution in [0, 0.1) is 5.41 Å². The molecule has 2 N–H and O–H groups in total. The van der Waals surface area contributed by atoms with Crippen LogP contribution in [0.3, 0.4) is 0 Å². The molecule has 4 aromatic rings. The number of fused-ring (bicyclic) bond motifs is 1. The maximum absolute atomic E-state index is 11.5. The number of nitrogens with zero attached hydrogens (tertiary/aromatic N) is 1. The molecule has 214 valence electrons. The zero-order valence-corrected chi connectivity index (χ0v) is 27.9. The van der Waals surface area contributed by atoms with Crippen molar-refractivity contribution in [2.24, 2.45) is 5.41 Å². The number of aliphatic carboxylic acids is 1. The summed E-state index contributed by atoms with van der Waals surface area (Å²) >= 11 is 8.06. The third-order valence-corrected chi connectivity index (χ3v) is 9.94. The quantitative estimate of drug-likeness (QED) is 0.184. The van der Waals surface area contributed by atoms with Crippen molar-refractivity contribution >= 4 is 52.4 Å². The second kappa shape index (κ2) is 15.1. The second-order valence-electron chi connectivity index (χ2n) is 11.3. The van der Waals surface area contributed by atoms with Crippen LogP contribution in [0.1, 0.15) is 73.1 Å². The van der Waals surface area contributed by atoms with E-state index in [1.54, 1.807) is 0 Å². The molecule has 1 aliphatic rings. The zero-order valence-electron chi connectivity index (χ0n) is 25.3. The van der Waals surface area contributed by atoms with E-state index >= 15 is 0 Å². The first-order valence-corrected chi connectivity index (χ1v) is 15.6. The van der Waals surface area contributed by atoms with E-state index < -0.39 is 5.97 Å². The van der Waals surface area contributed by atoms with Gasteiger partial charge in [0.2, 0.25) is 0 Å². The molecule has 0 radical (unpaired) electrons. The number of rotatable bonds is 13. The van der Waals surface area contributed by atoms with E-state index in [1.807, 2.05) is 48.2 Å². The molecule has 1 aromatic heterocycles. The fourth-order valence-corrected chi connectivity index (χ4v) is 7.10. The van der Waals surface area contributed by atoms with Crippen LogP contribution in [-0.4, -0.2) is 33.5 Å². The van der Waals surface area contributed by atoms with E-state index in [4.69, 9.17) is 16.6 Å². The maximum Gasteiger partial charge on any atom is 1.00 e. The van der Waals surface area contributed by atoms with Crippen LogP contribution in [0.5, 0.6) is 0 Å². The number of aliphatic hydroxyl groups excluding tert-OH is 1. The van der Waals surface area contributed by atoms with Gasteiger partial charge in [0.1, 0.15) is 0 Å². The van der Waals surface area contributed by atoms with Gasteiger partial charge in [-0.05, 0) is 77.6 Å². The molecule has 2 unspecified atom stereocenters. The average molecular weight is 610 g/mol. The fourth-order valence-electron chi connectivity index (χ4n) is 5.36. The van der Waals surface area contributed by atoms with Gasteiger partial charge in [-0.3, -0.25) is 4.79 Å². The Morgan fingerprint density at radius 3 is 2.62 bits per heavy atom. The molecular formula is C35H37ClNNaO3S. The molecule has 42 heavy (non-hydrogen) atoms. The molecule has 1 saturated carbocycles. The van der Waals surface area contributed by atoms with Crippen LogP contribution in [0.2, 0.25) is 5.02 Å². The van der Waals surface area contributed by atoms with E-state index in [-0.39, 0.29) is 60.6 Å². The van der Waals surface area contributed by atoms with E-state index in [0.717, 1.165) is 53.6 Å². The number of benzene rings is 3. The van der Waals surface area contributed by atoms with Crippen molar-refractivity contribution in [2.45, 2.75) is 50.2 Å². The number of halogens is 1. The minimum Gasteiger partial charge on any atom is -1.00 e. The summed E-state index contributed by atoms with van der Waals surface area (Å²) in [6.07, 6.45) is 8.17. The maximum atomic E-state index is 11.5. The number of pyridine rings is 1. The van der Waals surface area contributed by atoms with Crippen molar-refractivity contribution in [3.05, 3.63) is 112 Å². The van der Waals surface area contributed by atoms with Crippen LogP contribution in [0.4, 0.5) is 0 Å². The number of hydrogen-bond donors (Lipinski definition) is 2. The molecule has 1 fully saturated rings. The second-order valence-corrected chi connectivity index (χ2v) is 12.9. The Hall–Kier alpha value is -2.12. The average Bonchev–Trinajstić information content (AvgIpc) is 3.74. The third kappa shape index (κ3) is 8.72. The monoisotopic (exact) mass is 609 g/mol. The van der Waals surface area contributed by atoms with Gasteiger partial charge in [-0.15, -0.1) is 0 Å². The number of aliphatic hydroxyl groups is 1. The van der Waals surface area contributed by atoms with Gasteiger partial charge in [-0.2, -0.15) is 11.8 Å². The standard InChI is InChI=1S/C35H36ClNO3S.Na.H/c1-24(22-38)31-8-3-2-6-26(31)12-16-33(41-23-35(17-18-35)21-34(39)40)28-7-4-5-25(19-28)9-14-30-15-11-27-10-13-29(36)20-32(27)37-30;;/h2-11,13-15,19-20,24,33,38H,12,16-18,21-23H2,1H3,(H,39,40);;/q;+1;-1. The molecule has 2 atom stereocenters. The molecule has 3 aromatic carbocycles. The smallest absolute Gasteiger partial charge is 1.00 e. The normalized spacial score (nSPS) is 15.3. The van der Waals surface area contributed by atoms with Crippen molar-refractivity contribution < 1.29 is 46.0 Å². The van der Waals surface area contributed by atoms with Crippen molar-refractivity contribution in [1.82, 2.24) is 4.98 Å². The van der Waals surface area contributed by atoms with Crippen molar-refractivity contribution in [2.75, 3.05) is 12.4 Å². The zero-order chi connectivity index (χ0) is 28.8. The minimum absolute atomic E-state index is 0.